The first kappa shape index (κ1) is 32.0. The number of alkyl halides is 2. The zero-order chi connectivity index (χ0) is 29.1. The Morgan fingerprint density at radius 3 is 2.31 bits per heavy atom. The van der Waals surface area contributed by atoms with Crippen LogP contribution >= 0.6 is 0 Å². The lowest BCUT2D eigenvalue weighted by molar-refractivity contribution is -0.136. The van der Waals surface area contributed by atoms with Crippen LogP contribution in [0.2, 0.25) is 0 Å². The first-order chi connectivity index (χ1) is 18.3. The molecular weight excluding hydrogens is 518 g/mol. The van der Waals surface area contributed by atoms with E-state index in [2.05, 4.69) is 15.4 Å². The van der Waals surface area contributed by atoms with E-state index in [0.29, 0.717) is 19.0 Å². The molecule has 5 N–H and O–H groups in total. The summed E-state index contributed by atoms with van der Waals surface area (Å²) in [7, 11) is 0. The lowest BCUT2D eigenvalue weighted by Crippen LogP contribution is -2.53. The van der Waals surface area contributed by atoms with E-state index in [1.807, 2.05) is 31.2 Å². The number of carbonyl (C=O) groups is 2. The molecule has 2 rings (SSSR count). The van der Waals surface area contributed by atoms with Gasteiger partial charge in [0.25, 0.3) is 11.8 Å². The number of aliphatic hydroxyl groups is 1. The fourth-order valence-corrected chi connectivity index (χ4v) is 4.18. The molecule has 0 aliphatic carbocycles. The van der Waals surface area contributed by atoms with Crippen molar-refractivity contribution in [2.45, 2.75) is 76.5 Å². The second-order valence-electron chi connectivity index (χ2n) is 9.76. The highest BCUT2D eigenvalue weighted by Gasteiger charge is 2.38. The number of nitrogens with one attached hydrogen (secondary N) is 2. The molecule has 0 spiro atoms. The van der Waals surface area contributed by atoms with Gasteiger partial charge in [-0.3, -0.25) is 4.79 Å². The van der Waals surface area contributed by atoms with Crippen molar-refractivity contribution in [3.63, 3.8) is 0 Å². The SMILES string of the molecule is CCCCC(F)(F)C[C@@H](OC(N)=O)C(=O)NC[C@](O)(CNCc1cccc(CC)c1)Cc1cc(F)cc(F)c1. The van der Waals surface area contributed by atoms with Gasteiger partial charge in [0.1, 0.15) is 11.6 Å². The number of rotatable bonds is 16. The summed E-state index contributed by atoms with van der Waals surface area (Å²) in [6.07, 6.45) is -3.62. The smallest absolute Gasteiger partial charge is 0.405 e. The lowest BCUT2D eigenvalue weighted by Gasteiger charge is -2.30. The van der Waals surface area contributed by atoms with Gasteiger partial charge in [-0.2, -0.15) is 0 Å². The van der Waals surface area contributed by atoms with Crippen LogP contribution in [0.25, 0.3) is 0 Å². The van der Waals surface area contributed by atoms with E-state index in [9.17, 15) is 32.3 Å². The van der Waals surface area contributed by atoms with Crippen LogP contribution in [0.1, 0.15) is 56.2 Å². The first-order valence-electron chi connectivity index (χ1n) is 12.9. The molecule has 0 saturated heterocycles. The minimum Gasteiger partial charge on any atom is -0.436 e. The molecule has 2 aromatic carbocycles. The van der Waals surface area contributed by atoms with Crippen molar-refractivity contribution in [1.29, 1.82) is 0 Å². The van der Waals surface area contributed by atoms with Crippen molar-refractivity contribution < 1.29 is 37.0 Å². The van der Waals surface area contributed by atoms with Crippen LogP contribution in [0.15, 0.2) is 42.5 Å². The van der Waals surface area contributed by atoms with E-state index in [-0.39, 0.29) is 24.9 Å². The van der Waals surface area contributed by atoms with Gasteiger partial charge in [-0.15, -0.1) is 0 Å². The summed E-state index contributed by atoms with van der Waals surface area (Å²) >= 11 is 0. The standard InChI is InChI=1S/C28H37F4N3O4/c1-3-5-9-28(31,32)15-24(39-26(33)37)25(36)35-18-27(38,14-21-11-22(29)13-23(30)12-21)17-34-16-20-8-6-7-19(4-2)10-20/h6-8,10-13,24,34,38H,3-5,9,14-18H2,1-2H3,(H2,33,37)(H,35,36)/t24-,27-/m1/s1. The number of nitrogens with two attached hydrogens (primary N) is 1. The Morgan fingerprint density at radius 1 is 1.03 bits per heavy atom. The summed E-state index contributed by atoms with van der Waals surface area (Å²) in [4.78, 5) is 24.1. The van der Waals surface area contributed by atoms with E-state index < -0.39 is 60.6 Å². The monoisotopic (exact) mass is 555 g/mol. The van der Waals surface area contributed by atoms with Crippen molar-refractivity contribution in [1.82, 2.24) is 10.6 Å². The molecule has 0 saturated carbocycles. The van der Waals surface area contributed by atoms with Crippen LogP contribution in [0.3, 0.4) is 0 Å². The maximum atomic E-state index is 14.3. The molecule has 0 aromatic heterocycles. The average Bonchev–Trinajstić information content (AvgIpc) is 2.85. The average molecular weight is 556 g/mol. The van der Waals surface area contributed by atoms with E-state index in [0.717, 1.165) is 29.7 Å². The maximum Gasteiger partial charge on any atom is 0.405 e. The van der Waals surface area contributed by atoms with Crippen molar-refractivity contribution in [2.75, 3.05) is 13.1 Å². The van der Waals surface area contributed by atoms with Gasteiger partial charge in [0.2, 0.25) is 0 Å². The molecule has 2 amide bonds. The zero-order valence-corrected chi connectivity index (χ0v) is 22.2. The van der Waals surface area contributed by atoms with Crippen molar-refractivity contribution >= 4 is 12.0 Å². The molecule has 2 aromatic rings. The van der Waals surface area contributed by atoms with E-state index >= 15 is 0 Å². The van der Waals surface area contributed by atoms with Gasteiger partial charge in [-0.05, 0) is 41.7 Å². The third kappa shape index (κ3) is 11.6. The number of hydrogen-bond donors (Lipinski definition) is 4. The lowest BCUT2D eigenvalue weighted by atomic mass is 9.93. The Morgan fingerprint density at radius 2 is 1.69 bits per heavy atom. The van der Waals surface area contributed by atoms with Gasteiger partial charge in [0, 0.05) is 38.5 Å². The van der Waals surface area contributed by atoms with Crippen LogP contribution in [-0.2, 0) is 28.9 Å². The normalized spacial score (nSPS) is 13.9. The van der Waals surface area contributed by atoms with Crippen LogP contribution in [0.5, 0.6) is 0 Å². The molecular formula is C28H37F4N3O4. The third-order valence-electron chi connectivity index (χ3n) is 6.16. The molecule has 216 valence electrons. The second-order valence-corrected chi connectivity index (χ2v) is 9.76. The molecule has 0 radical (unpaired) electrons. The van der Waals surface area contributed by atoms with Crippen molar-refractivity contribution in [3.8, 4) is 0 Å². The highest BCUT2D eigenvalue weighted by molar-refractivity contribution is 5.83. The van der Waals surface area contributed by atoms with Gasteiger partial charge in [0.15, 0.2) is 6.10 Å². The number of hydrogen-bond acceptors (Lipinski definition) is 5. The summed E-state index contributed by atoms with van der Waals surface area (Å²) in [6, 6.07) is 10.5. The third-order valence-corrected chi connectivity index (χ3v) is 6.16. The predicted molar refractivity (Wildman–Crippen MR) is 139 cm³/mol. The summed E-state index contributed by atoms with van der Waals surface area (Å²) in [5.41, 5.74) is 5.36. The van der Waals surface area contributed by atoms with E-state index in [4.69, 9.17) is 5.73 Å². The van der Waals surface area contributed by atoms with Crippen molar-refractivity contribution in [2.24, 2.45) is 5.73 Å². The molecule has 0 heterocycles. The number of aryl methyl sites for hydroxylation is 1. The number of carbonyl (C=O) groups excluding carboxylic acids is 2. The molecule has 0 aliphatic heterocycles. The van der Waals surface area contributed by atoms with Gasteiger partial charge in [-0.25, -0.2) is 22.4 Å². The largest absolute Gasteiger partial charge is 0.436 e. The Labute approximate surface area is 226 Å². The van der Waals surface area contributed by atoms with Gasteiger partial charge in [0.05, 0.1) is 12.0 Å². The Kier molecular flexibility index (Phi) is 12.2. The van der Waals surface area contributed by atoms with Crippen LogP contribution in [0, 0.1) is 11.6 Å². The van der Waals surface area contributed by atoms with Gasteiger partial charge >= 0.3 is 6.09 Å². The molecule has 0 fully saturated rings. The Hall–Kier alpha value is -3.18. The highest BCUT2D eigenvalue weighted by atomic mass is 19.3. The first-order valence-corrected chi connectivity index (χ1v) is 12.9. The van der Waals surface area contributed by atoms with E-state index in [1.165, 1.54) is 0 Å². The fourth-order valence-electron chi connectivity index (χ4n) is 4.18. The van der Waals surface area contributed by atoms with Crippen molar-refractivity contribution in [3.05, 3.63) is 70.8 Å². The molecule has 11 heteroatoms. The maximum absolute atomic E-state index is 14.3. The fraction of sp³-hybridized carbons (Fsp3) is 0.500. The Balaban J connectivity index is 2.17. The zero-order valence-electron chi connectivity index (χ0n) is 22.2. The topological polar surface area (TPSA) is 114 Å². The minimum absolute atomic E-state index is 0.120. The Bertz CT molecular complexity index is 1080. The number of halogens is 4. The van der Waals surface area contributed by atoms with E-state index in [1.54, 1.807) is 6.92 Å². The molecule has 7 nitrogen and oxygen atoms in total. The van der Waals surface area contributed by atoms with Gasteiger partial charge < -0.3 is 26.2 Å². The van der Waals surface area contributed by atoms with Gasteiger partial charge in [-0.1, -0.05) is 44.5 Å². The number of amides is 2. The highest BCUT2D eigenvalue weighted by Crippen LogP contribution is 2.28. The molecule has 2 atom stereocenters. The minimum atomic E-state index is -3.29. The van der Waals surface area contributed by atoms with Crippen LogP contribution in [0.4, 0.5) is 22.4 Å². The number of ether oxygens (including phenoxy) is 1. The number of benzene rings is 2. The number of unbranched alkanes of at least 4 members (excludes halogenated alkanes) is 1. The molecule has 0 aliphatic rings. The van der Waals surface area contributed by atoms with Crippen LogP contribution in [-0.4, -0.2) is 47.8 Å². The quantitative estimate of drug-likeness (QED) is 0.230. The summed E-state index contributed by atoms with van der Waals surface area (Å²) < 4.78 is 60.9. The molecule has 0 bridgehead atoms. The summed E-state index contributed by atoms with van der Waals surface area (Å²) in [6.45, 7) is 3.47. The molecule has 39 heavy (non-hydrogen) atoms. The van der Waals surface area contributed by atoms with Crippen LogP contribution < -0.4 is 16.4 Å². The predicted octanol–water partition coefficient (Wildman–Crippen LogP) is 4.39. The molecule has 0 unspecified atom stereocenters. The number of primary amides is 1. The summed E-state index contributed by atoms with van der Waals surface area (Å²) in [5, 5.41) is 16.8. The summed E-state index contributed by atoms with van der Waals surface area (Å²) in [5.74, 6) is -6.06. The second kappa shape index (κ2) is 14.8.